The van der Waals surface area contributed by atoms with Crippen molar-refractivity contribution in [2.24, 2.45) is 0 Å². The zero-order valence-electron chi connectivity index (χ0n) is 26.6. The maximum atomic E-state index is 4.12. The second-order valence-electron chi connectivity index (χ2n) is 12.5. The summed E-state index contributed by atoms with van der Waals surface area (Å²) in [6, 6.07) is 57.8. The van der Waals surface area contributed by atoms with Crippen molar-refractivity contribution in [3.05, 3.63) is 182 Å². The molecular weight excluding hydrogens is 577 g/mol. The summed E-state index contributed by atoms with van der Waals surface area (Å²) < 4.78 is 0. The van der Waals surface area contributed by atoms with Gasteiger partial charge in [-0.15, -0.1) is 0 Å². The Kier molecular flexibility index (Phi) is 6.55. The lowest BCUT2D eigenvalue weighted by atomic mass is 9.84. The molecule has 0 atom stereocenters. The Hall–Kier alpha value is -6.24. The van der Waals surface area contributed by atoms with E-state index in [1.54, 1.807) is 0 Å². The van der Waals surface area contributed by atoms with E-state index in [4.69, 9.17) is 0 Å². The van der Waals surface area contributed by atoms with Crippen molar-refractivity contribution in [2.45, 2.75) is 0 Å². The number of rotatable bonds is 5. The van der Waals surface area contributed by atoms with Crippen LogP contribution < -0.4 is 0 Å². The minimum absolute atomic E-state index is 1.09. The van der Waals surface area contributed by atoms with Crippen molar-refractivity contribution >= 4 is 66.0 Å². The molecule has 0 heterocycles. The highest BCUT2D eigenvalue weighted by atomic mass is 14.2. The maximum absolute atomic E-state index is 4.12. The van der Waals surface area contributed by atoms with Crippen molar-refractivity contribution in [1.29, 1.82) is 0 Å². The third-order valence-electron chi connectivity index (χ3n) is 9.97. The Morgan fingerprint density at radius 2 is 0.875 bits per heavy atom. The van der Waals surface area contributed by atoms with Gasteiger partial charge in [-0.2, -0.15) is 0 Å². The third-order valence-corrected chi connectivity index (χ3v) is 9.97. The van der Waals surface area contributed by atoms with Crippen LogP contribution in [-0.4, -0.2) is 0 Å². The fraction of sp³-hybridized carbons (Fsp3) is 0. The van der Waals surface area contributed by atoms with Crippen LogP contribution >= 0.6 is 0 Å². The molecule has 224 valence electrons. The average Bonchev–Trinajstić information content (AvgIpc) is 3.15. The summed E-state index contributed by atoms with van der Waals surface area (Å²) in [5.74, 6) is 0. The van der Waals surface area contributed by atoms with Crippen LogP contribution in [0.5, 0.6) is 0 Å². The fourth-order valence-electron chi connectivity index (χ4n) is 7.80. The minimum Gasteiger partial charge on any atom is -0.0984 e. The molecule has 0 nitrogen and oxygen atoms in total. The molecule has 9 rings (SSSR count). The van der Waals surface area contributed by atoms with Crippen LogP contribution in [0, 0.1) is 0 Å². The molecule has 0 spiro atoms. The smallest absolute Gasteiger partial charge is 0.00201 e. The van der Waals surface area contributed by atoms with E-state index >= 15 is 0 Å². The van der Waals surface area contributed by atoms with Gasteiger partial charge in [0.05, 0.1) is 0 Å². The van der Waals surface area contributed by atoms with E-state index in [0.29, 0.717) is 0 Å². The number of hydrogen-bond acceptors (Lipinski definition) is 0. The molecule has 0 radical (unpaired) electrons. The number of fused-ring (bicyclic) bond motifs is 5. The summed E-state index contributed by atoms with van der Waals surface area (Å²) in [5.41, 5.74) is 9.66. The Labute approximate surface area is 280 Å². The first kappa shape index (κ1) is 28.0. The highest BCUT2D eigenvalue weighted by Crippen LogP contribution is 2.46. The Balaban J connectivity index is 1.30. The normalized spacial score (nSPS) is 11.5. The van der Waals surface area contributed by atoms with Gasteiger partial charge in [0, 0.05) is 0 Å². The summed E-state index contributed by atoms with van der Waals surface area (Å²) in [6.07, 6.45) is 3.88. The molecule has 0 bridgehead atoms. The Morgan fingerprint density at radius 1 is 0.333 bits per heavy atom. The molecule has 0 aliphatic heterocycles. The van der Waals surface area contributed by atoms with Crippen molar-refractivity contribution in [3.8, 4) is 33.4 Å². The second kappa shape index (κ2) is 11.2. The summed E-state index contributed by atoms with van der Waals surface area (Å²) in [7, 11) is 0. The van der Waals surface area contributed by atoms with Gasteiger partial charge in [-0.1, -0.05) is 165 Å². The van der Waals surface area contributed by atoms with E-state index in [0.717, 1.165) is 11.1 Å². The summed E-state index contributed by atoms with van der Waals surface area (Å²) in [6.45, 7) is 8.22. The van der Waals surface area contributed by atoms with E-state index < -0.39 is 0 Å². The monoisotopic (exact) mass is 608 g/mol. The van der Waals surface area contributed by atoms with Crippen LogP contribution in [0.1, 0.15) is 11.1 Å². The zero-order valence-corrected chi connectivity index (χ0v) is 26.6. The predicted molar refractivity (Wildman–Crippen MR) is 210 cm³/mol. The minimum atomic E-state index is 1.09. The first-order chi connectivity index (χ1) is 23.7. The molecule has 9 aromatic carbocycles. The fourth-order valence-corrected chi connectivity index (χ4v) is 7.80. The lowest BCUT2D eigenvalue weighted by Crippen LogP contribution is -1.92. The van der Waals surface area contributed by atoms with Gasteiger partial charge in [-0.05, 0) is 117 Å². The molecule has 0 fully saturated rings. The van der Waals surface area contributed by atoms with Crippen molar-refractivity contribution in [1.82, 2.24) is 0 Å². The predicted octanol–water partition coefficient (Wildman–Crippen LogP) is 13.7. The van der Waals surface area contributed by atoms with Crippen LogP contribution in [-0.2, 0) is 0 Å². The van der Waals surface area contributed by atoms with Gasteiger partial charge in [0.15, 0.2) is 0 Å². The van der Waals surface area contributed by atoms with Gasteiger partial charge in [-0.3, -0.25) is 0 Å². The van der Waals surface area contributed by atoms with Crippen molar-refractivity contribution in [3.63, 3.8) is 0 Å². The lowest BCUT2D eigenvalue weighted by Gasteiger charge is -2.19. The molecular formula is C48H32. The van der Waals surface area contributed by atoms with Crippen molar-refractivity contribution < 1.29 is 0 Å². The molecule has 0 N–H and O–H groups in total. The van der Waals surface area contributed by atoms with E-state index in [9.17, 15) is 0 Å². The van der Waals surface area contributed by atoms with Crippen molar-refractivity contribution in [2.75, 3.05) is 0 Å². The highest BCUT2D eigenvalue weighted by molar-refractivity contribution is 6.23. The van der Waals surface area contributed by atoms with Gasteiger partial charge >= 0.3 is 0 Å². The van der Waals surface area contributed by atoms with Gasteiger partial charge in [0.25, 0.3) is 0 Å². The molecule has 0 amide bonds. The van der Waals surface area contributed by atoms with E-state index in [1.165, 1.54) is 87.2 Å². The molecule has 0 heteroatoms. The molecule has 0 unspecified atom stereocenters. The third kappa shape index (κ3) is 4.31. The second-order valence-corrected chi connectivity index (χ2v) is 12.5. The lowest BCUT2D eigenvalue weighted by molar-refractivity contribution is 1.63. The Bertz CT molecular complexity index is 2700. The SMILES string of the molecule is C=Cc1cc(-c2ccc3ccc(-c4c5ccccc5c(-c5cccc6ccccc56)c5ccccc45)cc3c2)c2ccccc2c1C=C. The van der Waals surface area contributed by atoms with E-state index in [1.807, 2.05) is 12.2 Å². The Morgan fingerprint density at radius 3 is 1.54 bits per heavy atom. The van der Waals surface area contributed by atoms with Gasteiger partial charge in [0.2, 0.25) is 0 Å². The molecule has 0 aliphatic carbocycles. The molecule has 0 saturated carbocycles. The van der Waals surface area contributed by atoms with E-state index in [2.05, 4.69) is 171 Å². The maximum Gasteiger partial charge on any atom is -0.00201 e. The van der Waals surface area contributed by atoms with Gasteiger partial charge in [-0.25, -0.2) is 0 Å². The topological polar surface area (TPSA) is 0 Å². The molecule has 0 aromatic heterocycles. The van der Waals surface area contributed by atoms with Crippen LogP contribution in [0.2, 0.25) is 0 Å². The summed E-state index contributed by atoms with van der Waals surface area (Å²) in [4.78, 5) is 0. The summed E-state index contributed by atoms with van der Waals surface area (Å²) in [5, 5.41) is 12.4. The number of benzene rings is 9. The van der Waals surface area contributed by atoms with Crippen LogP contribution in [0.25, 0.3) is 99.4 Å². The first-order valence-electron chi connectivity index (χ1n) is 16.5. The van der Waals surface area contributed by atoms with Gasteiger partial charge < -0.3 is 0 Å². The standard InChI is InChI=1S/C48H32/c1-3-31-30-46(40-18-8-7-17-39(40)37(31)4-2)34-26-24-32-25-27-35(29-36(32)28-34)47-42-19-9-11-21-44(42)48(45-22-12-10-20-43(45)47)41-23-13-15-33-14-5-6-16-38(33)41/h3-30H,1-2H2. The molecule has 0 aliphatic rings. The highest BCUT2D eigenvalue weighted by Gasteiger charge is 2.18. The average molecular weight is 609 g/mol. The molecule has 48 heavy (non-hydrogen) atoms. The van der Waals surface area contributed by atoms with Crippen LogP contribution in [0.3, 0.4) is 0 Å². The largest absolute Gasteiger partial charge is 0.0984 e. The van der Waals surface area contributed by atoms with E-state index in [-0.39, 0.29) is 0 Å². The summed E-state index contributed by atoms with van der Waals surface area (Å²) >= 11 is 0. The number of hydrogen-bond donors (Lipinski definition) is 0. The molecule has 9 aromatic rings. The molecule has 0 saturated heterocycles. The first-order valence-corrected chi connectivity index (χ1v) is 16.5. The van der Waals surface area contributed by atoms with Crippen LogP contribution in [0.15, 0.2) is 171 Å². The quantitative estimate of drug-likeness (QED) is 0.171. The zero-order chi connectivity index (χ0) is 32.2. The van der Waals surface area contributed by atoms with Gasteiger partial charge in [0.1, 0.15) is 0 Å². The van der Waals surface area contributed by atoms with Crippen LogP contribution in [0.4, 0.5) is 0 Å².